The van der Waals surface area contributed by atoms with Gasteiger partial charge in [-0.05, 0) is 19.9 Å². The first-order chi connectivity index (χ1) is 9.75. The van der Waals surface area contributed by atoms with Crippen LogP contribution in [0.25, 0.3) is 0 Å². The summed E-state index contributed by atoms with van der Waals surface area (Å²) in [4.78, 5) is 11.8. The van der Waals surface area contributed by atoms with E-state index in [0.717, 1.165) is 4.31 Å². The minimum Gasteiger partial charge on any atom is -0.493 e. The Balaban J connectivity index is 3.50. The third kappa shape index (κ3) is 3.87. The molecular weight excluding hydrogens is 318 g/mol. The molecule has 0 aliphatic heterocycles. The van der Waals surface area contributed by atoms with Gasteiger partial charge in [-0.2, -0.15) is 0 Å². The lowest BCUT2D eigenvalue weighted by atomic mass is 10.2. The molecule has 0 unspecified atom stereocenters. The summed E-state index contributed by atoms with van der Waals surface area (Å²) < 4.78 is 35.7. The highest BCUT2D eigenvalue weighted by atomic mass is 35.5. The van der Waals surface area contributed by atoms with E-state index in [0.29, 0.717) is 6.61 Å². The standard InChI is InChI=1S/C13H18ClNO5S/c1-5-19-11-8-10(14)12(21(17,18)15(3)4)7-9(11)13(16)20-6-2/h7-8H,5-6H2,1-4H3. The summed E-state index contributed by atoms with van der Waals surface area (Å²) >= 11 is 6.01. The van der Waals surface area contributed by atoms with E-state index in [1.807, 2.05) is 0 Å². The summed E-state index contributed by atoms with van der Waals surface area (Å²) in [6, 6.07) is 2.49. The Hall–Kier alpha value is -1.31. The molecule has 0 spiro atoms. The minimum absolute atomic E-state index is 0.0137. The number of rotatable bonds is 6. The molecule has 0 bridgehead atoms. The van der Waals surface area contributed by atoms with Crippen molar-refractivity contribution < 1.29 is 22.7 Å². The van der Waals surface area contributed by atoms with Gasteiger partial charge in [0.15, 0.2) is 0 Å². The molecule has 0 radical (unpaired) electrons. The summed E-state index contributed by atoms with van der Waals surface area (Å²) in [6.45, 7) is 3.88. The fraction of sp³-hybridized carbons (Fsp3) is 0.462. The number of sulfonamides is 1. The summed E-state index contributed by atoms with van der Waals surface area (Å²) in [5.74, 6) is -0.466. The molecule has 0 atom stereocenters. The first kappa shape index (κ1) is 17.7. The number of nitrogens with zero attached hydrogens (tertiary/aromatic N) is 1. The smallest absolute Gasteiger partial charge is 0.341 e. The van der Waals surface area contributed by atoms with Crippen LogP contribution >= 0.6 is 11.6 Å². The molecule has 0 amide bonds. The van der Waals surface area contributed by atoms with E-state index in [-0.39, 0.29) is 27.8 Å². The molecular formula is C13H18ClNO5S. The largest absolute Gasteiger partial charge is 0.493 e. The highest BCUT2D eigenvalue weighted by Crippen LogP contribution is 2.32. The normalized spacial score (nSPS) is 11.5. The van der Waals surface area contributed by atoms with Crippen molar-refractivity contribution in [2.45, 2.75) is 18.7 Å². The van der Waals surface area contributed by atoms with Gasteiger partial charge in [-0.15, -0.1) is 0 Å². The van der Waals surface area contributed by atoms with Crippen LogP contribution in [-0.4, -0.2) is 46.0 Å². The van der Waals surface area contributed by atoms with Crippen molar-refractivity contribution >= 4 is 27.6 Å². The first-order valence-electron chi connectivity index (χ1n) is 6.31. The molecule has 21 heavy (non-hydrogen) atoms. The van der Waals surface area contributed by atoms with Crippen molar-refractivity contribution in [2.75, 3.05) is 27.3 Å². The van der Waals surface area contributed by atoms with E-state index >= 15 is 0 Å². The van der Waals surface area contributed by atoms with Gasteiger partial charge in [-0.1, -0.05) is 11.6 Å². The van der Waals surface area contributed by atoms with Crippen LogP contribution in [-0.2, 0) is 14.8 Å². The topological polar surface area (TPSA) is 72.9 Å². The molecule has 1 aromatic carbocycles. The number of esters is 1. The lowest BCUT2D eigenvalue weighted by molar-refractivity contribution is 0.0521. The Morgan fingerprint density at radius 2 is 1.86 bits per heavy atom. The lowest BCUT2D eigenvalue weighted by Crippen LogP contribution is -2.23. The van der Waals surface area contributed by atoms with Crippen molar-refractivity contribution in [1.29, 1.82) is 0 Å². The number of halogens is 1. The Kier molecular flexibility index (Phi) is 6.00. The summed E-state index contributed by atoms with van der Waals surface area (Å²) in [6.07, 6.45) is 0. The quantitative estimate of drug-likeness (QED) is 0.745. The number of ether oxygens (including phenoxy) is 2. The van der Waals surface area contributed by atoms with Gasteiger partial charge in [0.05, 0.1) is 18.2 Å². The van der Waals surface area contributed by atoms with Crippen LogP contribution in [0.3, 0.4) is 0 Å². The number of benzene rings is 1. The van der Waals surface area contributed by atoms with Crippen molar-refractivity contribution in [3.63, 3.8) is 0 Å². The zero-order valence-electron chi connectivity index (χ0n) is 12.3. The number of hydrogen-bond acceptors (Lipinski definition) is 5. The van der Waals surface area contributed by atoms with E-state index in [1.54, 1.807) is 13.8 Å². The van der Waals surface area contributed by atoms with Crippen LogP contribution in [0.15, 0.2) is 17.0 Å². The summed E-state index contributed by atoms with van der Waals surface area (Å²) in [5, 5.41) is -0.0137. The van der Waals surface area contributed by atoms with Crippen LogP contribution in [0, 0.1) is 0 Å². The van der Waals surface area contributed by atoms with Crippen molar-refractivity contribution in [1.82, 2.24) is 4.31 Å². The molecule has 6 nitrogen and oxygen atoms in total. The average molecular weight is 336 g/mol. The van der Waals surface area contributed by atoms with E-state index in [2.05, 4.69) is 0 Å². The Morgan fingerprint density at radius 1 is 1.24 bits per heavy atom. The van der Waals surface area contributed by atoms with Crippen LogP contribution in [0.2, 0.25) is 5.02 Å². The maximum absolute atomic E-state index is 12.2. The predicted molar refractivity (Wildman–Crippen MR) is 79.5 cm³/mol. The minimum atomic E-state index is -3.77. The van der Waals surface area contributed by atoms with Gasteiger partial charge >= 0.3 is 5.97 Å². The Bertz CT molecular complexity index is 628. The fourth-order valence-corrected chi connectivity index (χ4v) is 2.98. The molecule has 0 aliphatic carbocycles. The van der Waals surface area contributed by atoms with Crippen molar-refractivity contribution in [3.05, 3.63) is 22.7 Å². The maximum Gasteiger partial charge on any atom is 0.341 e. The second-order valence-corrected chi connectivity index (χ2v) is 6.75. The molecule has 0 saturated carbocycles. The number of carbonyl (C=O) groups is 1. The van der Waals surface area contributed by atoms with Gasteiger partial charge in [-0.3, -0.25) is 0 Å². The van der Waals surface area contributed by atoms with Gasteiger partial charge in [-0.25, -0.2) is 17.5 Å². The molecule has 1 aromatic rings. The number of hydrogen-bond donors (Lipinski definition) is 0. The number of carbonyl (C=O) groups excluding carboxylic acids is 1. The summed E-state index contributed by atoms with van der Waals surface area (Å²) in [7, 11) is -1.01. The van der Waals surface area contributed by atoms with Gasteiger partial charge < -0.3 is 9.47 Å². The maximum atomic E-state index is 12.2. The average Bonchev–Trinajstić information content (AvgIpc) is 2.38. The zero-order valence-corrected chi connectivity index (χ0v) is 13.9. The van der Waals surface area contributed by atoms with Gasteiger partial charge in [0.2, 0.25) is 10.0 Å². The van der Waals surface area contributed by atoms with Crippen molar-refractivity contribution in [3.8, 4) is 5.75 Å². The van der Waals surface area contributed by atoms with Gasteiger partial charge in [0.25, 0.3) is 0 Å². The predicted octanol–water partition coefficient (Wildman–Crippen LogP) is 2.17. The van der Waals surface area contributed by atoms with Crippen LogP contribution in [0.5, 0.6) is 5.75 Å². The molecule has 0 aliphatic rings. The third-order valence-electron chi connectivity index (χ3n) is 2.59. The molecule has 0 aromatic heterocycles. The van der Waals surface area contributed by atoms with Crippen LogP contribution < -0.4 is 4.74 Å². The third-order valence-corrected chi connectivity index (χ3v) is 4.87. The van der Waals surface area contributed by atoms with E-state index < -0.39 is 16.0 Å². The van der Waals surface area contributed by atoms with Crippen LogP contribution in [0.1, 0.15) is 24.2 Å². The molecule has 0 saturated heterocycles. The fourth-order valence-electron chi connectivity index (χ4n) is 1.57. The monoisotopic (exact) mass is 335 g/mol. The van der Waals surface area contributed by atoms with Crippen molar-refractivity contribution in [2.24, 2.45) is 0 Å². The molecule has 118 valence electrons. The SMILES string of the molecule is CCOC(=O)c1cc(S(=O)(=O)N(C)C)c(Cl)cc1OCC. The molecule has 1 rings (SSSR count). The van der Waals surface area contributed by atoms with E-state index in [9.17, 15) is 13.2 Å². The van der Waals surface area contributed by atoms with E-state index in [4.69, 9.17) is 21.1 Å². The van der Waals surface area contributed by atoms with Gasteiger partial charge in [0.1, 0.15) is 16.2 Å². The Morgan fingerprint density at radius 3 is 2.33 bits per heavy atom. The highest BCUT2D eigenvalue weighted by molar-refractivity contribution is 7.89. The van der Waals surface area contributed by atoms with E-state index in [1.165, 1.54) is 26.2 Å². The molecule has 0 fully saturated rings. The Labute approximate surface area is 129 Å². The molecule has 0 heterocycles. The zero-order chi connectivity index (χ0) is 16.2. The molecule has 0 N–H and O–H groups in total. The summed E-state index contributed by atoms with van der Waals surface area (Å²) in [5.41, 5.74) is 0.0310. The first-order valence-corrected chi connectivity index (χ1v) is 8.13. The van der Waals surface area contributed by atoms with Crippen LogP contribution in [0.4, 0.5) is 0 Å². The second kappa shape index (κ2) is 7.11. The second-order valence-electron chi connectivity index (χ2n) is 4.22. The lowest BCUT2D eigenvalue weighted by Gasteiger charge is -2.16. The molecule has 8 heteroatoms. The van der Waals surface area contributed by atoms with Gasteiger partial charge in [0, 0.05) is 20.2 Å². The highest BCUT2D eigenvalue weighted by Gasteiger charge is 2.25.